The van der Waals surface area contributed by atoms with Crippen LogP contribution in [0.2, 0.25) is 0 Å². The SMILES string of the molecule is COc1cc(C)cc(-c2c(C(C)C)cc(C(C)C)c(-c3ccccc3)c2C(C)C)c1P(C(C)(C)C)C(C)(C)C. The first kappa shape index (κ1) is 31.4. The van der Waals surface area contributed by atoms with Crippen molar-refractivity contribution in [3.63, 3.8) is 0 Å². The van der Waals surface area contributed by atoms with Gasteiger partial charge in [-0.1, -0.05) is 133 Å². The molecule has 0 saturated heterocycles. The zero-order valence-corrected chi connectivity index (χ0v) is 28.1. The van der Waals surface area contributed by atoms with Gasteiger partial charge in [0, 0.05) is 5.30 Å². The van der Waals surface area contributed by atoms with Crippen LogP contribution < -0.4 is 10.0 Å². The standard InChI is InChI=1S/C37H53OP/c1-23(2)28-22-29(24(3)4)34(32(25(5)6)33(28)27-18-16-15-17-19-27)30-20-26(7)21-31(38-14)35(30)39(36(8,9)10)37(11,12)13/h15-25H,1-14H3. The average Bonchev–Trinajstić information content (AvgIpc) is 2.81. The molecular formula is C37H53OP. The van der Waals surface area contributed by atoms with Crippen LogP contribution in [-0.4, -0.2) is 17.4 Å². The fourth-order valence-electron chi connectivity index (χ4n) is 6.46. The summed E-state index contributed by atoms with van der Waals surface area (Å²) >= 11 is 0. The maximum absolute atomic E-state index is 6.25. The Morgan fingerprint density at radius 3 is 1.62 bits per heavy atom. The van der Waals surface area contributed by atoms with Gasteiger partial charge >= 0.3 is 0 Å². The Morgan fingerprint density at radius 2 is 1.18 bits per heavy atom. The molecule has 39 heavy (non-hydrogen) atoms. The van der Waals surface area contributed by atoms with Crippen LogP contribution in [0.25, 0.3) is 22.3 Å². The van der Waals surface area contributed by atoms with Crippen LogP contribution in [0.15, 0.2) is 48.5 Å². The molecule has 0 aliphatic rings. The lowest BCUT2D eigenvalue weighted by Gasteiger charge is -2.43. The van der Waals surface area contributed by atoms with Crippen LogP contribution in [0.1, 0.15) is 123 Å². The van der Waals surface area contributed by atoms with Crippen LogP contribution in [0.4, 0.5) is 0 Å². The van der Waals surface area contributed by atoms with E-state index in [0.29, 0.717) is 17.8 Å². The van der Waals surface area contributed by atoms with Gasteiger partial charge in [0.25, 0.3) is 0 Å². The van der Waals surface area contributed by atoms with Gasteiger partial charge in [-0.05, 0) is 85.6 Å². The van der Waals surface area contributed by atoms with Gasteiger partial charge in [-0.25, -0.2) is 0 Å². The molecular weight excluding hydrogens is 491 g/mol. The summed E-state index contributed by atoms with van der Waals surface area (Å²) in [4.78, 5) is 0. The fraction of sp³-hybridized carbons (Fsp3) is 0.514. The van der Waals surface area contributed by atoms with E-state index < -0.39 is 7.92 Å². The summed E-state index contributed by atoms with van der Waals surface area (Å²) in [5.74, 6) is 2.23. The molecule has 0 aliphatic carbocycles. The lowest BCUT2D eigenvalue weighted by atomic mass is 9.76. The van der Waals surface area contributed by atoms with Crippen molar-refractivity contribution < 1.29 is 4.74 Å². The van der Waals surface area contributed by atoms with E-state index in [2.05, 4.69) is 139 Å². The minimum absolute atomic E-state index is 0.112. The Bertz CT molecular complexity index is 1270. The van der Waals surface area contributed by atoms with E-state index in [4.69, 9.17) is 4.74 Å². The molecule has 3 aromatic rings. The molecule has 0 unspecified atom stereocenters. The number of ether oxygens (including phenoxy) is 1. The third-order valence-electron chi connectivity index (χ3n) is 7.58. The molecule has 3 rings (SSSR count). The molecule has 0 saturated carbocycles. The van der Waals surface area contributed by atoms with E-state index in [1.807, 2.05) is 7.11 Å². The van der Waals surface area contributed by atoms with Crippen molar-refractivity contribution in [2.45, 2.75) is 118 Å². The number of methoxy groups -OCH3 is 1. The molecule has 0 aliphatic heterocycles. The molecule has 0 fully saturated rings. The third-order valence-corrected chi connectivity index (χ3v) is 11.2. The van der Waals surface area contributed by atoms with Crippen molar-refractivity contribution in [2.24, 2.45) is 0 Å². The van der Waals surface area contributed by atoms with Crippen molar-refractivity contribution in [1.29, 1.82) is 0 Å². The highest BCUT2D eigenvalue weighted by Crippen LogP contribution is 2.62. The second kappa shape index (κ2) is 11.8. The maximum atomic E-state index is 6.25. The topological polar surface area (TPSA) is 9.23 Å². The summed E-state index contributed by atoms with van der Waals surface area (Å²) in [6, 6.07) is 18.3. The van der Waals surface area contributed by atoms with Crippen molar-refractivity contribution in [2.75, 3.05) is 7.11 Å². The number of hydrogen-bond acceptors (Lipinski definition) is 1. The van der Waals surface area contributed by atoms with Gasteiger partial charge in [0.2, 0.25) is 0 Å². The highest BCUT2D eigenvalue weighted by Gasteiger charge is 2.40. The van der Waals surface area contributed by atoms with Crippen LogP contribution in [-0.2, 0) is 0 Å². The monoisotopic (exact) mass is 544 g/mol. The van der Waals surface area contributed by atoms with Crippen molar-refractivity contribution >= 4 is 13.2 Å². The van der Waals surface area contributed by atoms with E-state index in [0.717, 1.165) is 5.75 Å². The molecule has 212 valence electrons. The Hall–Kier alpha value is -2.11. The Balaban J connectivity index is 2.70. The van der Waals surface area contributed by atoms with Gasteiger partial charge in [-0.3, -0.25) is 0 Å². The van der Waals surface area contributed by atoms with Crippen molar-refractivity contribution in [1.82, 2.24) is 0 Å². The van der Waals surface area contributed by atoms with Gasteiger partial charge in [0.05, 0.1) is 7.11 Å². The van der Waals surface area contributed by atoms with Crippen LogP contribution >= 0.6 is 7.92 Å². The predicted octanol–water partition coefficient (Wildman–Crippen LogP) is 11.4. The minimum atomic E-state index is -0.594. The Kier molecular flexibility index (Phi) is 9.49. The minimum Gasteiger partial charge on any atom is -0.496 e. The zero-order valence-electron chi connectivity index (χ0n) is 27.2. The van der Waals surface area contributed by atoms with E-state index >= 15 is 0 Å². The lowest BCUT2D eigenvalue weighted by molar-refractivity contribution is 0.418. The summed E-state index contributed by atoms with van der Waals surface area (Å²) in [6.45, 7) is 30.9. The quantitative estimate of drug-likeness (QED) is 0.269. The third kappa shape index (κ3) is 6.46. The molecule has 0 amide bonds. The molecule has 2 heteroatoms. The second-order valence-electron chi connectivity index (χ2n) is 14.1. The second-order valence-corrected chi connectivity index (χ2v) is 17.9. The van der Waals surface area contributed by atoms with Crippen molar-refractivity contribution in [3.8, 4) is 28.0 Å². The summed E-state index contributed by atoms with van der Waals surface area (Å²) in [6.07, 6.45) is 0. The molecule has 0 N–H and O–H groups in total. The number of rotatable bonds is 7. The van der Waals surface area contributed by atoms with E-state index in [1.54, 1.807) is 0 Å². The largest absolute Gasteiger partial charge is 0.496 e. The maximum Gasteiger partial charge on any atom is 0.127 e. The smallest absolute Gasteiger partial charge is 0.127 e. The molecule has 0 aromatic heterocycles. The highest BCUT2D eigenvalue weighted by atomic mass is 31.1. The number of hydrogen-bond donors (Lipinski definition) is 0. The first-order valence-corrected chi connectivity index (χ1v) is 16.1. The van der Waals surface area contributed by atoms with Crippen LogP contribution in [0.5, 0.6) is 5.75 Å². The Morgan fingerprint density at radius 1 is 0.667 bits per heavy atom. The first-order valence-electron chi connectivity index (χ1n) is 14.8. The van der Waals surface area contributed by atoms with E-state index in [-0.39, 0.29) is 10.3 Å². The molecule has 0 atom stereocenters. The van der Waals surface area contributed by atoms with E-state index in [1.165, 1.54) is 49.8 Å². The van der Waals surface area contributed by atoms with Gasteiger partial charge in [-0.15, -0.1) is 0 Å². The number of benzene rings is 3. The summed E-state index contributed by atoms with van der Waals surface area (Å²) in [5.41, 5.74) is 11.2. The number of aryl methyl sites for hydroxylation is 1. The summed E-state index contributed by atoms with van der Waals surface area (Å²) < 4.78 is 6.25. The molecule has 0 heterocycles. The molecule has 3 aromatic carbocycles. The van der Waals surface area contributed by atoms with Gasteiger partial charge in [-0.2, -0.15) is 0 Å². The lowest BCUT2D eigenvalue weighted by Crippen LogP contribution is -2.33. The highest BCUT2D eigenvalue weighted by molar-refractivity contribution is 7.69. The summed E-state index contributed by atoms with van der Waals surface area (Å²) in [7, 11) is 1.26. The molecule has 0 radical (unpaired) electrons. The van der Waals surface area contributed by atoms with Crippen LogP contribution in [0.3, 0.4) is 0 Å². The normalized spacial score (nSPS) is 12.8. The van der Waals surface area contributed by atoms with Gasteiger partial charge < -0.3 is 4.74 Å². The van der Waals surface area contributed by atoms with E-state index in [9.17, 15) is 0 Å². The molecule has 0 spiro atoms. The molecule has 0 bridgehead atoms. The van der Waals surface area contributed by atoms with Gasteiger partial charge in [0.15, 0.2) is 0 Å². The zero-order chi connectivity index (χ0) is 29.4. The summed E-state index contributed by atoms with van der Waals surface area (Å²) in [5, 5.41) is 1.64. The predicted molar refractivity (Wildman–Crippen MR) is 177 cm³/mol. The first-order chi connectivity index (χ1) is 18.0. The average molecular weight is 545 g/mol. The molecule has 1 nitrogen and oxygen atoms in total. The Labute approximate surface area is 241 Å². The van der Waals surface area contributed by atoms with Crippen molar-refractivity contribution in [3.05, 3.63) is 70.8 Å². The van der Waals surface area contributed by atoms with Crippen LogP contribution in [0, 0.1) is 6.92 Å². The fourth-order valence-corrected chi connectivity index (χ4v) is 10.6. The van der Waals surface area contributed by atoms with Gasteiger partial charge in [0.1, 0.15) is 5.75 Å².